The molecule has 0 aliphatic rings. The van der Waals surface area contributed by atoms with Crippen molar-refractivity contribution in [2.45, 2.75) is 0 Å². The molecule has 0 saturated carbocycles. The fraction of sp³-hybridized carbons (Fsp3) is 0.667. The third-order valence-corrected chi connectivity index (χ3v) is 0.526. The normalized spacial score (nSPS) is 8.12. The Morgan fingerprint density at radius 1 is 1.75 bits per heavy atom. The highest BCUT2D eigenvalue weighted by atomic mass is 16.3. The average molecular weight is 117 g/mol. The molecule has 3 N–H and O–H groups in total. The van der Waals surface area contributed by atoms with Crippen LogP contribution in [-0.4, -0.2) is 19.1 Å². The highest BCUT2D eigenvalue weighted by molar-refractivity contribution is 5.77. The monoisotopic (exact) mass is 117 g/mol. The van der Waals surface area contributed by atoms with Gasteiger partial charge in [0.05, 0.1) is 6.54 Å². The number of nitroso groups, excluding NO2 is 1. The van der Waals surface area contributed by atoms with Crippen molar-refractivity contribution < 1.29 is 4.79 Å². The first-order valence-corrected chi connectivity index (χ1v) is 2.07. The summed E-state index contributed by atoms with van der Waals surface area (Å²) in [6.07, 6.45) is 0. The summed E-state index contributed by atoms with van der Waals surface area (Å²) in [5, 5.41) is 4.53. The average Bonchev–Trinajstić information content (AvgIpc) is 1.83. The molecule has 5 heteroatoms. The lowest BCUT2D eigenvalue weighted by molar-refractivity contribution is -0.119. The lowest BCUT2D eigenvalue weighted by Gasteiger charge is -1.92. The van der Waals surface area contributed by atoms with E-state index in [1.54, 1.807) is 0 Å². The maximum absolute atomic E-state index is 10.1. The van der Waals surface area contributed by atoms with E-state index in [9.17, 15) is 9.70 Å². The second-order valence-corrected chi connectivity index (χ2v) is 1.09. The molecule has 0 radical (unpaired) electrons. The predicted molar refractivity (Wildman–Crippen MR) is 27.9 cm³/mol. The summed E-state index contributed by atoms with van der Waals surface area (Å²) >= 11 is 0. The first-order chi connectivity index (χ1) is 3.81. The van der Waals surface area contributed by atoms with E-state index in [-0.39, 0.29) is 19.1 Å². The molecule has 8 heavy (non-hydrogen) atoms. The van der Waals surface area contributed by atoms with Crippen LogP contribution in [0.4, 0.5) is 0 Å². The van der Waals surface area contributed by atoms with Gasteiger partial charge in [0, 0.05) is 0 Å². The van der Waals surface area contributed by atoms with Gasteiger partial charge in [-0.05, 0) is 5.18 Å². The van der Waals surface area contributed by atoms with Crippen LogP contribution in [0.25, 0.3) is 0 Å². The summed E-state index contributed by atoms with van der Waals surface area (Å²) in [5.41, 5.74) is 4.86. The molecule has 0 bridgehead atoms. The van der Waals surface area contributed by atoms with Gasteiger partial charge < -0.3 is 11.1 Å². The van der Waals surface area contributed by atoms with E-state index >= 15 is 0 Å². The molecule has 0 aromatic rings. The molecular weight excluding hydrogens is 110 g/mol. The summed E-state index contributed by atoms with van der Waals surface area (Å²) in [7, 11) is 0. The van der Waals surface area contributed by atoms with Gasteiger partial charge in [0.15, 0.2) is 6.67 Å². The Balaban J connectivity index is 3.11. The van der Waals surface area contributed by atoms with Gasteiger partial charge in [-0.2, -0.15) is 0 Å². The Morgan fingerprint density at radius 2 is 2.38 bits per heavy atom. The molecule has 0 aromatic carbocycles. The van der Waals surface area contributed by atoms with Gasteiger partial charge in [0.2, 0.25) is 5.91 Å². The van der Waals surface area contributed by atoms with Gasteiger partial charge in [0.1, 0.15) is 0 Å². The minimum Gasteiger partial charge on any atom is -0.333 e. The molecule has 0 saturated heterocycles. The first kappa shape index (κ1) is 7.03. The van der Waals surface area contributed by atoms with E-state index in [0.717, 1.165) is 0 Å². The van der Waals surface area contributed by atoms with Gasteiger partial charge >= 0.3 is 0 Å². The van der Waals surface area contributed by atoms with E-state index in [1.807, 2.05) is 0 Å². The van der Waals surface area contributed by atoms with Gasteiger partial charge in [-0.15, -0.1) is 4.91 Å². The number of nitrogens with zero attached hydrogens (tertiary/aromatic N) is 1. The Kier molecular flexibility index (Phi) is 3.69. The maximum Gasteiger partial charge on any atom is 0.235 e. The van der Waals surface area contributed by atoms with Crippen LogP contribution in [0.5, 0.6) is 0 Å². The molecule has 0 fully saturated rings. The summed E-state index contributed by atoms with van der Waals surface area (Å²) in [4.78, 5) is 19.5. The largest absolute Gasteiger partial charge is 0.333 e. The van der Waals surface area contributed by atoms with Gasteiger partial charge in [0.25, 0.3) is 0 Å². The van der Waals surface area contributed by atoms with E-state index in [4.69, 9.17) is 5.73 Å². The Hall–Kier alpha value is -0.970. The molecule has 0 aliphatic carbocycles. The van der Waals surface area contributed by atoms with Crippen LogP contribution in [0.2, 0.25) is 0 Å². The number of amides is 1. The second-order valence-electron chi connectivity index (χ2n) is 1.09. The van der Waals surface area contributed by atoms with Gasteiger partial charge in [-0.25, -0.2) is 0 Å². The Labute approximate surface area is 46.2 Å². The van der Waals surface area contributed by atoms with E-state index in [2.05, 4.69) is 10.5 Å². The van der Waals surface area contributed by atoms with Crippen molar-refractivity contribution in [1.29, 1.82) is 0 Å². The third-order valence-electron chi connectivity index (χ3n) is 0.526. The maximum atomic E-state index is 10.1. The van der Waals surface area contributed by atoms with Crippen LogP contribution >= 0.6 is 0 Å². The summed E-state index contributed by atoms with van der Waals surface area (Å²) in [6, 6.07) is 0. The van der Waals surface area contributed by atoms with E-state index < -0.39 is 0 Å². The number of hydrogen-bond acceptors (Lipinski definition) is 4. The molecule has 0 spiro atoms. The fourth-order valence-electron chi connectivity index (χ4n) is 0.193. The fourth-order valence-corrected chi connectivity index (χ4v) is 0.193. The number of hydrogen-bond donors (Lipinski definition) is 2. The van der Waals surface area contributed by atoms with Crippen molar-refractivity contribution in [3.63, 3.8) is 0 Å². The molecular formula is C3H7N3O2. The van der Waals surface area contributed by atoms with Crippen LogP contribution in [0.1, 0.15) is 0 Å². The highest BCUT2D eigenvalue weighted by Crippen LogP contribution is 1.59. The van der Waals surface area contributed by atoms with Crippen molar-refractivity contribution in [3.8, 4) is 0 Å². The number of carbonyl (C=O) groups is 1. The summed E-state index contributed by atoms with van der Waals surface area (Å²) in [6.45, 7) is -0.300. The van der Waals surface area contributed by atoms with Crippen molar-refractivity contribution in [3.05, 3.63) is 4.91 Å². The number of nitrogens with two attached hydrogens (primary N) is 1. The molecule has 46 valence electrons. The zero-order valence-electron chi connectivity index (χ0n) is 4.26. The minimum absolute atomic E-state index is 0.102. The zero-order chi connectivity index (χ0) is 6.41. The molecule has 0 atom stereocenters. The Morgan fingerprint density at radius 3 is 2.75 bits per heavy atom. The first-order valence-electron chi connectivity index (χ1n) is 2.07. The smallest absolute Gasteiger partial charge is 0.235 e. The van der Waals surface area contributed by atoms with Crippen LogP contribution in [0.3, 0.4) is 0 Å². The van der Waals surface area contributed by atoms with Crippen molar-refractivity contribution in [2.75, 3.05) is 13.2 Å². The molecule has 0 aromatic heterocycles. The van der Waals surface area contributed by atoms with Crippen LogP contribution in [0, 0.1) is 4.91 Å². The summed E-state index contributed by atoms with van der Waals surface area (Å²) < 4.78 is 0. The lowest BCUT2D eigenvalue weighted by atomic mass is 10.6. The molecule has 0 rings (SSSR count). The Bertz CT molecular complexity index is 92.5. The number of carbonyl (C=O) groups excluding carboxylic acids is 1. The van der Waals surface area contributed by atoms with Crippen LogP contribution in [-0.2, 0) is 4.79 Å². The molecule has 5 nitrogen and oxygen atoms in total. The van der Waals surface area contributed by atoms with Crippen LogP contribution in [0.15, 0.2) is 5.18 Å². The molecule has 0 aliphatic heterocycles. The van der Waals surface area contributed by atoms with Gasteiger partial charge in [-0.1, -0.05) is 0 Å². The van der Waals surface area contributed by atoms with Gasteiger partial charge in [-0.3, -0.25) is 4.79 Å². The SMILES string of the molecule is NCC(=O)NCN=O. The molecule has 0 heterocycles. The van der Waals surface area contributed by atoms with Crippen LogP contribution < -0.4 is 11.1 Å². The van der Waals surface area contributed by atoms with Crippen molar-refractivity contribution in [2.24, 2.45) is 10.9 Å². The number of nitrogens with one attached hydrogen (secondary N) is 1. The van der Waals surface area contributed by atoms with E-state index in [0.29, 0.717) is 0 Å². The predicted octanol–water partition coefficient (Wildman–Crippen LogP) is -1.21. The quantitative estimate of drug-likeness (QED) is 0.454. The zero-order valence-corrected chi connectivity index (χ0v) is 4.26. The number of rotatable bonds is 3. The second kappa shape index (κ2) is 4.20. The minimum atomic E-state index is -0.371. The van der Waals surface area contributed by atoms with Crippen molar-refractivity contribution in [1.82, 2.24) is 5.32 Å². The van der Waals surface area contributed by atoms with E-state index in [1.165, 1.54) is 0 Å². The van der Waals surface area contributed by atoms with Crippen molar-refractivity contribution >= 4 is 5.91 Å². The summed E-state index contributed by atoms with van der Waals surface area (Å²) in [5.74, 6) is -0.371. The standard InChI is InChI=1S/C3H7N3O2/c4-1-3(7)5-2-6-8/h1-2,4H2,(H,5,7). The lowest BCUT2D eigenvalue weighted by Crippen LogP contribution is -2.29. The molecule has 0 unspecified atom stereocenters. The highest BCUT2D eigenvalue weighted by Gasteiger charge is 1.91. The topological polar surface area (TPSA) is 84.6 Å². The molecule has 1 amide bonds. The third kappa shape index (κ3) is 3.23.